The zero-order valence-electron chi connectivity index (χ0n) is 12.2. The van der Waals surface area contributed by atoms with E-state index in [0.29, 0.717) is 0 Å². The average molecular weight is 326 g/mol. The van der Waals surface area contributed by atoms with Crippen LogP contribution in [0.5, 0.6) is 0 Å². The molecule has 0 spiro atoms. The van der Waals surface area contributed by atoms with Gasteiger partial charge in [-0.25, -0.2) is 17.6 Å². The molecule has 2 aromatic rings. The molecule has 0 aliphatic heterocycles. The van der Waals surface area contributed by atoms with Crippen LogP contribution >= 0.6 is 0 Å². The topological polar surface area (TPSA) is 41.1 Å². The monoisotopic (exact) mass is 326 g/mol. The van der Waals surface area contributed by atoms with Crippen LogP contribution < -0.4 is 10.6 Å². The maximum atomic E-state index is 13.6. The van der Waals surface area contributed by atoms with Crippen molar-refractivity contribution in [1.82, 2.24) is 5.32 Å². The summed E-state index contributed by atoms with van der Waals surface area (Å²) < 4.78 is 52.8. The Kier molecular flexibility index (Phi) is 5.33. The highest BCUT2D eigenvalue weighted by molar-refractivity contribution is 5.92. The van der Waals surface area contributed by atoms with Crippen molar-refractivity contribution in [3.05, 3.63) is 65.2 Å². The molecule has 1 atom stereocenters. The van der Waals surface area contributed by atoms with Crippen LogP contribution in [0.1, 0.15) is 18.5 Å². The fourth-order valence-corrected chi connectivity index (χ4v) is 2.00. The Hall–Kier alpha value is -2.41. The average Bonchev–Trinajstić information content (AvgIpc) is 2.48. The number of nitrogens with one attached hydrogen (secondary N) is 2. The Morgan fingerprint density at radius 2 is 1.65 bits per heavy atom. The van der Waals surface area contributed by atoms with Crippen molar-refractivity contribution in [3.8, 4) is 0 Å². The van der Waals surface area contributed by atoms with Gasteiger partial charge >= 0.3 is 0 Å². The van der Waals surface area contributed by atoms with E-state index in [1.54, 1.807) is 6.92 Å². The SMILES string of the molecule is C[C@@H](NCC(=O)Nc1cc(F)ccc1F)c1ccc(F)cc1F. The van der Waals surface area contributed by atoms with Gasteiger partial charge in [-0.2, -0.15) is 0 Å². The Morgan fingerprint density at radius 3 is 2.35 bits per heavy atom. The molecule has 3 nitrogen and oxygen atoms in total. The van der Waals surface area contributed by atoms with E-state index in [-0.39, 0.29) is 17.8 Å². The number of carbonyl (C=O) groups is 1. The highest BCUT2D eigenvalue weighted by Gasteiger charge is 2.14. The number of halogens is 4. The first-order chi connectivity index (χ1) is 10.9. The Bertz CT molecular complexity index is 721. The summed E-state index contributed by atoms with van der Waals surface area (Å²) in [5.41, 5.74) is -0.0893. The standard InChI is InChI=1S/C16H14F4N2O/c1-9(12-4-2-10(17)6-14(12)20)21-8-16(23)22-15-7-11(18)3-5-13(15)19/h2-7,9,21H,8H2,1H3,(H,22,23)/t9-/m1/s1. The van der Waals surface area contributed by atoms with E-state index >= 15 is 0 Å². The molecule has 7 heteroatoms. The number of hydrogen-bond acceptors (Lipinski definition) is 2. The molecular formula is C16H14F4N2O. The van der Waals surface area contributed by atoms with Gasteiger partial charge in [0.1, 0.15) is 23.3 Å². The van der Waals surface area contributed by atoms with Crippen LogP contribution in [-0.4, -0.2) is 12.5 Å². The number of benzene rings is 2. The maximum Gasteiger partial charge on any atom is 0.238 e. The second kappa shape index (κ2) is 7.23. The predicted molar refractivity (Wildman–Crippen MR) is 77.8 cm³/mol. The summed E-state index contributed by atoms with van der Waals surface area (Å²) in [7, 11) is 0. The molecule has 0 aliphatic carbocycles. The van der Waals surface area contributed by atoms with Crippen molar-refractivity contribution in [2.75, 3.05) is 11.9 Å². The van der Waals surface area contributed by atoms with Crippen molar-refractivity contribution in [2.45, 2.75) is 13.0 Å². The molecule has 0 heterocycles. The van der Waals surface area contributed by atoms with Crippen LogP contribution in [0, 0.1) is 23.3 Å². The third-order valence-corrected chi connectivity index (χ3v) is 3.20. The summed E-state index contributed by atoms with van der Waals surface area (Å²) in [5.74, 6) is -3.50. The van der Waals surface area contributed by atoms with Crippen LogP contribution in [-0.2, 0) is 4.79 Å². The third kappa shape index (κ3) is 4.53. The van der Waals surface area contributed by atoms with E-state index in [4.69, 9.17) is 0 Å². The van der Waals surface area contributed by atoms with Gasteiger partial charge in [0, 0.05) is 23.7 Å². The van der Waals surface area contributed by atoms with Gasteiger partial charge < -0.3 is 10.6 Å². The Morgan fingerprint density at radius 1 is 1.00 bits per heavy atom. The minimum absolute atomic E-state index is 0.191. The van der Waals surface area contributed by atoms with Gasteiger partial charge in [0.15, 0.2) is 0 Å². The molecule has 0 bridgehead atoms. The Balaban J connectivity index is 1.94. The quantitative estimate of drug-likeness (QED) is 0.825. The van der Waals surface area contributed by atoms with E-state index < -0.39 is 35.2 Å². The summed E-state index contributed by atoms with van der Waals surface area (Å²) in [6.45, 7) is 1.33. The normalized spacial score (nSPS) is 12.0. The first-order valence-corrected chi connectivity index (χ1v) is 6.80. The minimum atomic E-state index is -0.766. The number of anilines is 1. The first kappa shape index (κ1) is 17.0. The van der Waals surface area contributed by atoms with Gasteiger partial charge in [0.05, 0.1) is 12.2 Å². The molecule has 0 aromatic heterocycles. The molecule has 0 aliphatic rings. The van der Waals surface area contributed by atoms with Gasteiger partial charge in [0.2, 0.25) is 5.91 Å². The lowest BCUT2D eigenvalue weighted by Gasteiger charge is -2.15. The van der Waals surface area contributed by atoms with Gasteiger partial charge in [-0.3, -0.25) is 4.79 Å². The lowest BCUT2D eigenvalue weighted by atomic mass is 10.1. The molecular weight excluding hydrogens is 312 g/mol. The van der Waals surface area contributed by atoms with Crippen LogP contribution in [0.2, 0.25) is 0 Å². The molecule has 2 N–H and O–H groups in total. The maximum absolute atomic E-state index is 13.6. The summed E-state index contributed by atoms with van der Waals surface area (Å²) in [6, 6.07) is 5.24. The van der Waals surface area contributed by atoms with E-state index in [1.807, 2.05) is 0 Å². The van der Waals surface area contributed by atoms with Crippen LogP contribution in [0.3, 0.4) is 0 Å². The molecule has 2 aromatic carbocycles. The lowest BCUT2D eigenvalue weighted by Crippen LogP contribution is -2.30. The molecule has 0 radical (unpaired) electrons. The second-order valence-corrected chi connectivity index (χ2v) is 4.94. The van der Waals surface area contributed by atoms with E-state index in [1.165, 1.54) is 6.07 Å². The summed E-state index contributed by atoms with van der Waals surface area (Å²) in [4.78, 5) is 11.7. The minimum Gasteiger partial charge on any atom is -0.322 e. The third-order valence-electron chi connectivity index (χ3n) is 3.20. The zero-order chi connectivity index (χ0) is 17.0. The van der Waals surface area contributed by atoms with Gasteiger partial charge in [-0.1, -0.05) is 6.07 Å². The van der Waals surface area contributed by atoms with Gasteiger partial charge in [-0.05, 0) is 25.1 Å². The largest absolute Gasteiger partial charge is 0.322 e. The fourth-order valence-electron chi connectivity index (χ4n) is 2.00. The molecule has 122 valence electrons. The Labute approximate surface area is 130 Å². The zero-order valence-corrected chi connectivity index (χ0v) is 12.2. The van der Waals surface area contributed by atoms with E-state index in [9.17, 15) is 22.4 Å². The van der Waals surface area contributed by atoms with Gasteiger partial charge in [-0.15, -0.1) is 0 Å². The van der Waals surface area contributed by atoms with Crippen molar-refractivity contribution in [1.29, 1.82) is 0 Å². The molecule has 0 fully saturated rings. The van der Waals surface area contributed by atoms with Crippen LogP contribution in [0.4, 0.5) is 23.2 Å². The second-order valence-electron chi connectivity index (χ2n) is 4.94. The molecule has 1 amide bonds. The molecule has 2 rings (SSSR count). The van der Waals surface area contributed by atoms with Crippen molar-refractivity contribution < 1.29 is 22.4 Å². The molecule has 23 heavy (non-hydrogen) atoms. The van der Waals surface area contributed by atoms with E-state index in [2.05, 4.69) is 10.6 Å². The summed E-state index contributed by atoms with van der Waals surface area (Å²) in [5, 5.41) is 4.93. The van der Waals surface area contributed by atoms with Crippen LogP contribution in [0.15, 0.2) is 36.4 Å². The van der Waals surface area contributed by atoms with Crippen molar-refractivity contribution >= 4 is 11.6 Å². The van der Waals surface area contributed by atoms with Crippen molar-refractivity contribution in [2.24, 2.45) is 0 Å². The predicted octanol–water partition coefficient (Wildman–Crippen LogP) is 3.53. The molecule has 0 saturated heterocycles. The number of hydrogen-bond donors (Lipinski definition) is 2. The van der Waals surface area contributed by atoms with Crippen LogP contribution in [0.25, 0.3) is 0 Å². The fraction of sp³-hybridized carbons (Fsp3) is 0.188. The van der Waals surface area contributed by atoms with E-state index in [0.717, 1.165) is 30.3 Å². The molecule has 0 unspecified atom stereocenters. The summed E-state index contributed by atoms with van der Waals surface area (Å²) in [6.07, 6.45) is 0. The number of amides is 1. The smallest absolute Gasteiger partial charge is 0.238 e. The summed E-state index contributed by atoms with van der Waals surface area (Å²) >= 11 is 0. The number of rotatable bonds is 5. The number of carbonyl (C=O) groups excluding carboxylic acids is 1. The lowest BCUT2D eigenvalue weighted by molar-refractivity contribution is -0.115. The first-order valence-electron chi connectivity index (χ1n) is 6.80. The highest BCUT2D eigenvalue weighted by Crippen LogP contribution is 2.18. The van der Waals surface area contributed by atoms with Gasteiger partial charge in [0.25, 0.3) is 0 Å². The highest BCUT2D eigenvalue weighted by atomic mass is 19.1. The van der Waals surface area contributed by atoms with Crippen molar-refractivity contribution in [3.63, 3.8) is 0 Å². The molecule has 0 saturated carbocycles.